The van der Waals surface area contributed by atoms with Crippen LogP contribution >= 0.6 is 0 Å². The van der Waals surface area contributed by atoms with Crippen LogP contribution in [0.1, 0.15) is 412 Å². The van der Waals surface area contributed by atoms with Crippen LogP contribution in [0.5, 0.6) is 0 Å². The van der Waals surface area contributed by atoms with Crippen molar-refractivity contribution in [2.24, 2.45) is 0 Å². The van der Waals surface area contributed by atoms with Crippen LogP contribution in [0.25, 0.3) is 0 Å². The molecule has 0 aliphatic carbocycles. The largest absolute Gasteiger partial charge is 0.462 e. The number of carbonyl (C=O) groups excluding carboxylic acids is 3. The number of unbranched alkanes of at least 4 members (excludes halogenated alkanes) is 52. The van der Waals surface area contributed by atoms with E-state index in [9.17, 15) is 14.4 Å². The summed E-state index contributed by atoms with van der Waals surface area (Å²) in [5.74, 6) is -0.845. The van der Waals surface area contributed by atoms with E-state index >= 15 is 0 Å². The highest BCUT2D eigenvalue weighted by Gasteiger charge is 2.19. The maximum atomic E-state index is 13.0. The van der Waals surface area contributed by atoms with Gasteiger partial charge in [-0.25, -0.2) is 0 Å². The summed E-state index contributed by atoms with van der Waals surface area (Å²) in [6, 6.07) is 0. The summed E-state index contributed by atoms with van der Waals surface area (Å²) >= 11 is 0. The van der Waals surface area contributed by atoms with Crippen molar-refractivity contribution in [3.8, 4) is 0 Å². The van der Waals surface area contributed by atoms with Crippen LogP contribution in [0.3, 0.4) is 0 Å². The topological polar surface area (TPSA) is 78.9 Å². The van der Waals surface area contributed by atoms with Crippen molar-refractivity contribution < 1.29 is 28.6 Å². The van der Waals surface area contributed by atoms with E-state index in [2.05, 4.69) is 57.2 Å². The van der Waals surface area contributed by atoms with Crippen molar-refractivity contribution in [3.05, 3.63) is 36.5 Å². The molecule has 0 fully saturated rings. The lowest BCUT2D eigenvalue weighted by Gasteiger charge is -2.18. The number of esters is 3. The normalized spacial score (nSPS) is 12.2. The molecule has 0 aromatic rings. The quantitative estimate of drug-likeness (QED) is 0.0261. The zero-order valence-corrected chi connectivity index (χ0v) is 55.5. The maximum absolute atomic E-state index is 13.0. The Kier molecular flexibility index (Phi) is 69.1. The van der Waals surface area contributed by atoms with Gasteiger partial charge in [-0.05, 0) is 77.0 Å². The number of ether oxygens (including phenoxy) is 3. The van der Waals surface area contributed by atoms with Crippen LogP contribution in [-0.2, 0) is 28.6 Å². The van der Waals surface area contributed by atoms with Crippen LogP contribution in [0.4, 0.5) is 0 Å². The second-order valence-electron chi connectivity index (χ2n) is 25.2. The molecule has 82 heavy (non-hydrogen) atoms. The summed E-state index contributed by atoms with van der Waals surface area (Å²) in [6.45, 7) is 6.69. The summed E-state index contributed by atoms with van der Waals surface area (Å²) in [6.07, 6.45) is 89.1. The second-order valence-corrected chi connectivity index (χ2v) is 25.2. The first kappa shape index (κ1) is 79.6. The fraction of sp³-hybridized carbons (Fsp3) is 0.882. The minimum absolute atomic E-state index is 0.0683. The highest BCUT2D eigenvalue weighted by atomic mass is 16.6. The summed E-state index contributed by atoms with van der Waals surface area (Å²) in [5, 5.41) is 0. The Bertz CT molecular complexity index is 1370. The molecule has 1 unspecified atom stereocenters. The van der Waals surface area contributed by atoms with E-state index in [1.165, 1.54) is 302 Å². The average Bonchev–Trinajstić information content (AvgIpc) is 3.47. The second kappa shape index (κ2) is 71.1. The first-order valence-corrected chi connectivity index (χ1v) is 37.0. The first-order valence-electron chi connectivity index (χ1n) is 37.0. The first-order chi connectivity index (χ1) is 40.5. The zero-order chi connectivity index (χ0) is 59.2. The molecule has 0 saturated heterocycles. The predicted octanol–water partition coefficient (Wildman–Crippen LogP) is 25.5. The van der Waals surface area contributed by atoms with Gasteiger partial charge in [-0.3, -0.25) is 14.4 Å². The Labute approximate surface area is 512 Å². The summed E-state index contributed by atoms with van der Waals surface area (Å²) in [4.78, 5) is 38.4. The molecule has 0 saturated carbocycles. The van der Waals surface area contributed by atoms with Crippen molar-refractivity contribution in [1.82, 2.24) is 0 Å². The standard InChI is InChI=1S/C76H142O6/c1-4-7-10-13-16-19-22-25-27-29-31-33-34-35-36-37-38-39-40-41-42-43-45-46-48-51-54-57-60-63-66-69-75(78)81-72-73(71-80-74(77)68-65-62-59-56-53-50-24-21-18-15-12-9-6-3)82-76(79)70-67-64-61-58-55-52-49-47-44-32-30-28-26-23-20-17-14-11-8-5-2/h21-22,24-25,29,31,73H,4-20,23,26-28,30,32-72H2,1-3H3/b24-21-,25-22-,31-29-. The molecule has 0 bridgehead atoms. The van der Waals surface area contributed by atoms with Gasteiger partial charge >= 0.3 is 17.9 Å². The van der Waals surface area contributed by atoms with Crippen LogP contribution in [-0.4, -0.2) is 37.2 Å². The van der Waals surface area contributed by atoms with Crippen molar-refractivity contribution >= 4 is 17.9 Å². The van der Waals surface area contributed by atoms with E-state index in [1.54, 1.807) is 0 Å². The van der Waals surface area contributed by atoms with Gasteiger partial charge in [0.15, 0.2) is 6.10 Å². The molecule has 0 N–H and O–H groups in total. The minimum Gasteiger partial charge on any atom is -0.462 e. The molecular weight excluding hydrogens is 1010 g/mol. The Hall–Kier alpha value is -2.37. The molecule has 482 valence electrons. The van der Waals surface area contributed by atoms with Crippen molar-refractivity contribution in [3.63, 3.8) is 0 Å². The summed E-state index contributed by atoms with van der Waals surface area (Å²) in [7, 11) is 0. The minimum atomic E-state index is -0.772. The van der Waals surface area contributed by atoms with Gasteiger partial charge in [0, 0.05) is 19.3 Å². The Morgan fingerprint density at radius 3 is 0.695 bits per heavy atom. The van der Waals surface area contributed by atoms with E-state index < -0.39 is 6.10 Å². The third-order valence-electron chi connectivity index (χ3n) is 16.9. The smallest absolute Gasteiger partial charge is 0.306 e. The molecule has 0 amide bonds. The Morgan fingerprint density at radius 1 is 0.244 bits per heavy atom. The van der Waals surface area contributed by atoms with Gasteiger partial charge in [-0.2, -0.15) is 0 Å². The number of carbonyl (C=O) groups is 3. The van der Waals surface area contributed by atoms with Gasteiger partial charge in [-0.15, -0.1) is 0 Å². The van der Waals surface area contributed by atoms with Crippen molar-refractivity contribution in [2.45, 2.75) is 419 Å². The summed E-state index contributed by atoms with van der Waals surface area (Å²) < 4.78 is 17.0. The molecular formula is C76H142O6. The van der Waals surface area contributed by atoms with Gasteiger partial charge in [0.2, 0.25) is 0 Å². The van der Waals surface area contributed by atoms with E-state index in [0.717, 1.165) is 70.6 Å². The predicted molar refractivity (Wildman–Crippen MR) is 358 cm³/mol. The van der Waals surface area contributed by atoms with E-state index in [-0.39, 0.29) is 31.1 Å². The number of hydrogen-bond donors (Lipinski definition) is 0. The van der Waals surface area contributed by atoms with Crippen molar-refractivity contribution in [1.29, 1.82) is 0 Å². The SMILES string of the molecule is CCCCCC/C=C\CCCCCCCC(=O)OCC(COC(=O)CCCCCCCCCCCCCCCCCCCCC/C=C\C/C=C\CCCCCCC)OC(=O)CCCCCCCCCCCCCCCCCCCCCC. The summed E-state index contributed by atoms with van der Waals surface area (Å²) in [5.41, 5.74) is 0. The molecule has 0 radical (unpaired) electrons. The van der Waals surface area contributed by atoms with Gasteiger partial charge in [0.1, 0.15) is 13.2 Å². The van der Waals surface area contributed by atoms with Gasteiger partial charge in [0.05, 0.1) is 0 Å². The van der Waals surface area contributed by atoms with Crippen LogP contribution in [0, 0.1) is 0 Å². The number of allylic oxidation sites excluding steroid dienone is 6. The molecule has 1 atom stereocenters. The third-order valence-corrected chi connectivity index (χ3v) is 16.9. The fourth-order valence-corrected chi connectivity index (χ4v) is 11.3. The van der Waals surface area contributed by atoms with Crippen LogP contribution in [0.2, 0.25) is 0 Å². The molecule has 0 aromatic carbocycles. The maximum Gasteiger partial charge on any atom is 0.306 e. The van der Waals surface area contributed by atoms with Crippen molar-refractivity contribution in [2.75, 3.05) is 13.2 Å². The van der Waals surface area contributed by atoms with E-state index in [4.69, 9.17) is 14.2 Å². The highest BCUT2D eigenvalue weighted by Crippen LogP contribution is 2.19. The number of rotatable bonds is 69. The van der Waals surface area contributed by atoms with Gasteiger partial charge in [0.25, 0.3) is 0 Å². The Morgan fingerprint density at radius 2 is 0.439 bits per heavy atom. The molecule has 6 nitrogen and oxygen atoms in total. The lowest BCUT2D eigenvalue weighted by molar-refractivity contribution is -0.167. The highest BCUT2D eigenvalue weighted by molar-refractivity contribution is 5.71. The van der Waals surface area contributed by atoms with E-state index in [1.807, 2.05) is 0 Å². The van der Waals surface area contributed by atoms with Gasteiger partial charge in [-0.1, -0.05) is 353 Å². The van der Waals surface area contributed by atoms with E-state index in [0.29, 0.717) is 19.3 Å². The number of hydrogen-bond acceptors (Lipinski definition) is 6. The average molecular weight is 1150 g/mol. The Balaban J connectivity index is 4.15. The fourth-order valence-electron chi connectivity index (χ4n) is 11.3. The lowest BCUT2D eigenvalue weighted by Crippen LogP contribution is -2.30. The lowest BCUT2D eigenvalue weighted by atomic mass is 10.0. The van der Waals surface area contributed by atoms with Gasteiger partial charge < -0.3 is 14.2 Å². The molecule has 0 aliphatic rings. The zero-order valence-electron chi connectivity index (χ0n) is 55.5. The van der Waals surface area contributed by atoms with Crippen LogP contribution < -0.4 is 0 Å². The molecule has 0 spiro atoms. The monoisotopic (exact) mass is 1150 g/mol. The molecule has 0 aliphatic heterocycles. The van der Waals surface area contributed by atoms with Crippen LogP contribution in [0.15, 0.2) is 36.5 Å². The molecule has 6 heteroatoms. The molecule has 0 rings (SSSR count). The molecule has 0 heterocycles. The molecule has 0 aromatic heterocycles. The third kappa shape index (κ3) is 68.4.